The lowest BCUT2D eigenvalue weighted by atomic mass is 9.90. The van der Waals surface area contributed by atoms with Gasteiger partial charge in [-0.2, -0.15) is 0 Å². The Morgan fingerprint density at radius 2 is 2.50 bits per heavy atom. The van der Waals surface area contributed by atoms with Crippen LogP contribution in [-0.4, -0.2) is 41.5 Å². The van der Waals surface area contributed by atoms with Crippen molar-refractivity contribution in [3.8, 4) is 0 Å². The van der Waals surface area contributed by atoms with Crippen LogP contribution in [-0.2, 0) is 11.2 Å². The highest BCUT2D eigenvalue weighted by Gasteiger charge is 2.27. The highest BCUT2D eigenvalue weighted by atomic mass is 16.5. The van der Waals surface area contributed by atoms with Crippen molar-refractivity contribution in [3.63, 3.8) is 0 Å². The normalized spacial score (nSPS) is 23.6. The molecule has 5 heteroatoms. The lowest BCUT2D eigenvalue weighted by Crippen LogP contribution is -2.46. The minimum atomic E-state index is -0.810. The summed E-state index contributed by atoms with van der Waals surface area (Å²) < 4.78 is 5.39. The second-order valence-electron chi connectivity index (χ2n) is 5.15. The monoisotopic (exact) mass is 251 g/mol. The molecule has 2 atom stereocenters. The number of anilines is 1. The fraction of sp³-hybridized carbons (Fsp3) is 0.615. The van der Waals surface area contributed by atoms with Crippen LogP contribution in [0.1, 0.15) is 18.9 Å². The first-order chi connectivity index (χ1) is 8.57. The lowest BCUT2D eigenvalue weighted by Gasteiger charge is -2.31. The predicted octanol–water partition coefficient (Wildman–Crippen LogP) is 0.336. The maximum absolute atomic E-state index is 10.5. The van der Waals surface area contributed by atoms with E-state index < -0.39 is 5.60 Å². The Hall–Kier alpha value is -1.17. The van der Waals surface area contributed by atoms with Crippen LogP contribution >= 0.6 is 0 Å². The molecular formula is C13H21N3O2. The molecule has 0 saturated carbocycles. The Morgan fingerprint density at radius 3 is 3.17 bits per heavy atom. The van der Waals surface area contributed by atoms with Gasteiger partial charge in [0, 0.05) is 25.2 Å². The first kappa shape index (κ1) is 13.3. The summed E-state index contributed by atoms with van der Waals surface area (Å²) in [4.78, 5) is 4.04. The molecule has 100 valence electrons. The van der Waals surface area contributed by atoms with E-state index in [0.29, 0.717) is 25.3 Å². The average molecular weight is 251 g/mol. The summed E-state index contributed by atoms with van der Waals surface area (Å²) in [7, 11) is 0. The van der Waals surface area contributed by atoms with Gasteiger partial charge in [-0.1, -0.05) is 6.07 Å². The Balaban J connectivity index is 1.96. The fourth-order valence-electron chi connectivity index (χ4n) is 2.36. The second kappa shape index (κ2) is 5.65. The van der Waals surface area contributed by atoms with Gasteiger partial charge >= 0.3 is 0 Å². The summed E-state index contributed by atoms with van der Waals surface area (Å²) in [6, 6.07) is 3.94. The Labute approximate surface area is 107 Å². The van der Waals surface area contributed by atoms with Gasteiger partial charge in [-0.15, -0.1) is 0 Å². The van der Waals surface area contributed by atoms with Crippen LogP contribution in [0.3, 0.4) is 0 Å². The van der Waals surface area contributed by atoms with Crippen molar-refractivity contribution in [1.29, 1.82) is 0 Å². The molecule has 0 bridgehead atoms. The maximum Gasteiger partial charge on any atom is 0.126 e. The molecular weight excluding hydrogens is 230 g/mol. The molecule has 4 N–H and O–H groups in total. The molecule has 2 heterocycles. The van der Waals surface area contributed by atoms with Crippen molar-refractivity contribution in [2.45, 2.75) is 31.4 Å². The van der Waals surface area contributed by atoms with Crippen LogP contribution in [0.15, 0.2) is 18.3 Å². The van der Waals surface area contributed by atoms with Gasteiger partial charge in [0.1, 0.15) is 5.82 Å². The van der Waals surface area contributed by atoms with E-state index in [-0.39, 0.29) is 6.04 Å². The maximum atomic E-state index is 10.5. The van der Waals surface area contributed by atoms with E-state index in [4.69, 9.17) is 10.5 Å². The number of nitrogens with one attached hydrogen (secondary N) is 1. The van der Waals surface area contributed by atoms with Gasteiger partial charge in [-0.25, -0.2) is 4.98 Å². The molecule has 0 aromatic carbocycles. The minimum Gasteiger partial charge on any atom is -0.390 e. The molecule has 0 aliphatic carbocycles. The van der Waals surface area contributed by atoms with Gasteiger partial charge in [-0.05, 0) is 25.0 Å². The average Bonchev–Trinajstić information content (AvgIpc) is 2.32. The topological polar surface area (TPSA) is 80.4 Å². The van der Waals surface area contributed by atoms with Gasteiger partial charge in [0.25, 0.3) is 0 Å². The van der Waals surface area contributed by atoms with Gasteiger partial charge in [0.05, 0.1) is 18.8 Å². The Kier molecular flexibility index (Phi) is 4.16. The summed E-state index contributed by atoms with van der Waals surface area (Å²) in [6.07, 6.45) is 2.80. The van der Waals surface area contributed by atoms with Gasteiger partial charge in [-0.3, -0.25) is 0 Å². The number of morpholine rings is 1. The summed E-state index contributed by atoms with van der Waals surface area (Å²) in [6.45, 7) is 4.07. The smallest absolute Gasteiger partial charge is 0.126 e. The van der Waals surface area contributed by atoms with E-state index in [2.05, 4.69) is 10.3 Å². The number of nitrogens with zero attached hydrogens (tertiary/aromatic N) is 1. The third kappa shape index (κ3) is 3.66. The predicted molar refractivity (Wildman–Crippen MR) is 70.2 cm³/mol. The van der Waals surface area contributed by atoms with Crippen LogP contribution in [0.25, 0.3) is 0 Å². The van der Waals surface area contributed by atoms with Crippen LogP contribution in [0.2, 0.25) is 0 Å². The summed E-state index contributed by atoms with van der Waals surface area (Å²) in [5, 5.41) is 13.8. The third-order valence-corrected chi connectivity index (χ3v) is 3.18. The molecule has 1 aromatic rings. The Morgan fingerprint density at radius 1 is 1.67 bits per heavy atom. The number of nitrogen functional groups attached to an aromatic ring is 1. The van der Waals surface area contributed by atoms with Crippen molar-refractivity contribution >= 4 is 5.82 Å². The molecule has 0 amide bonds. The van der Waals surface area contributed by atoms with Crippen LogP contribution in [0.5, 0.6) is 0 Å². The van der Waals surface area contributed by atoms with Gasteiger partial charge in [0.15, 0.2) is 0 Å². The zero-order chi connectivity index (χ0) is 13.0. The fourth-order valence-corrected chi connectivity index (χ4v) is 2.36. The standard InChI is InChI=1S/C13H21N3O2/c1-13(17,8-11-9-18-6-5-15-11)7-10-3-2-4-16-12(10)14/h2-4,11,15,17H,5-9H2,1H3,(H2,14,16). The molecule has 5 nitrogen and oxygen atoms in total. The molecule has 2 rings (SSSR count). The number of hydrogen-bond donors (Lipinski definition) is 3. The number of ether oxygens (including phenoxy) is 1. The molecule has 1 aliphatic rings. The van der Waals surface area contributed by atoms with Crippen molar-refractivity contribution in [2.75, 3.05) is 25.5 Å². The van der Waals surface area contributed by atoms with E-state index >= 15 is 0 Å². The summed E-state index contributed by atoms with van der Waals surface area (Å²) >= 11 is 0. The van der Waals surface area contributed by atoms with Crippen molar-refractivity contribution < 1.29 is 9.84 Å². The first-order valence-corrected chi connectivity index (χ1v) is 6.30. The zero-order valence-corrected chi connectivity index (χ0v) is 10.7. The number of pyridine rings is 1. The number of nitrogens with two attached hydrogens (primary N) is 1. The van der Waals surface area contributed by atoms with Crippen molar-refractivity contribution in [3.05, 3.63) is 23.9 Å². The van der Waals surface area contributed by atoms with E-state index in [1.54, 1.807) is 6.20 Å². The first-order valence-electron chi connectivity index (χ1n) is 6.30. The largest absolute Gasteiger partial charge is 0.390 e. The minimum absolute atomic E-state index is 0.201. The van der Waals surface area contributed by atoms with Crippen LogP contribution in [0, 0.1) is 0 Å². The van der Waals surface area contributed by atoms with Gasteiger partial charge in [0.2, 0.25) is 0 Å². The number of aliphatic hydroxyl groups is 1. The van der Waals surface area contributed by atoms with E-state index in [9.17, 15) is 5.11 Å². The molecule has 1 aliphatic heterocycles. The second-order valence-corrected chi connectivity index (χ2v) is 5.15. The van der Waals surface area contributed by atoms with Crippen molar-refractivity contribution in [2.24, 2.45) is 0 Å². The van der Waals surface area contributed by atoms with E-state index in [1.807, 2.05) is 19.1 Å². The number of rotatable bonds is 4. The molecule has 1 saturated heterocycles. The molecule has 1 fully saturated rings. The molecule has 2 unspecified atom stereocenters. The van der Waals surface area contributed by atoms with Crippen LogP contribution < -0.4 is 11.1 Å². The molecule has 18 heavy (non-hydrogen) atoms. The third-order valence-electron chi connectivity index (χ3n) is 3.18. The number of hydrogen-bond acceptors (Lipinski definition) is 5. The van der Waals surface area contributed by atoms with E-state index in [1.165, 1.54) is 0 Å². The quantitative estimate of drug-likeness (QED) is 0.719. The lowest BCUT2D eigenvalue weighted by molar-refractivity contribution is 0.00656. The van der Waals surface area contributed by atoms with Gasteiger partial charge < -0.3 is 20.9 Å². The van der Waals surface area contributed by atoms with E-state index in [0.717, 1.165) is 18.7 Å². The highest BCUT2D eigenvalue weighted by molar-refractivity contribution is 5.39. The summed E-state index contributed by atoms with van der Waals surface area (Å²) in [5.74, 6) is 0.491. The zero-order valence-electron chi connectivity index (χ0n) is 10.7. The van der Waals surface area contributed by atoms with Crippen molar-refractivity contribution in [1.82, 2.24) is 10.3 Å². The molecule has 0 spiro atoms. The van der Waals surface area contributed by atoms with Crippen LogP contribution in [0.4, 0.5) is 5.82 Å². The Bertz CT molecular complexity index is 390. The SMILES string of the molecule is CC(O)(Cc1cccnc1N)CC1COCCN1. The molecule has 1 aromatic heterocycles. The molecule has 0 radical (unpaired) electrons. The number of aromatic nitrogens is 1. The highest BCUT2D eigenvalue weighted by Crippen LogP contribution is 2.22. The summed E-state index contributed by atoms with van der Waals surface area (Å²) in [5.41, 5.74) is 5.88.